The van der Waals surface area contributed by atoms with Crippen molar-refractivity contribution in [2.24, 2.45) is 0 Å². The number of imidazole rings is 1. The Bertz CT molecular complexity index is 1110. The number of carbonyl (C=O) groups excluding carboxylic acids is 1. The number of fused-ring (bicyclic) bond motifs is 1. The van der Waals surface area contributed by atoms with Gasteiger partial charge in [-0.05, 0) is 48.9 Å². The molecule has 1 amide bonds. The van der Waals surface area contributed by atoms with Gasteiger partial charge in [0.2, 0.25) is 5.91 Å². The minimum Gasteiger partial charge on any atom is -0.333 e. The molecule has 0 spiro atoms. The summed E-state index contributed by atoms with van der Waals surface area (Å²) >= 11 is 3.04. The number of carbonyl (C=O) groups is 1. The molecule has 1 aromatic heterocycles. The maximum absolute atomic E-state index is 12.5. The van der Waals surface area contributed by atoms with Gasteiger partial charge in [0.25, 0.3) is 0 Å². The van der Waals surface area contributed by atoms with Crippen LogP contribution < -0.4 is 5.32 Å². The molecule has 2 N–H and O–H groups in total. The number of hydrogen-bond donors (Lipinski definition) is 2. The maximum Gasteiger partial charge on any atom is 0.234 e. The minimum absolute atomic E-state index is 0.0530. The summed E-state index contributed by atoms with van der Waals surface area (Å²) in [6.45, 7) is 2.05. The van der Waals surface area contributed by atoms with Gasteiger partial charge in [-0.25, -0.2) is 4.98 Å². The van der Waals surface area contributed by atoms with Crippen molar-refractivity contribution in [3.63, 3.8) is 0 Å². The lowest BCUT2D eigenvalue weighted by Gasteiger charge is -2.10. The molecule has 0 aliphatic carbocycles. The van der Waals surface area contributed by atoms with E-state index in [4.69, 9.17) is 0 Å². The molecule has 0 aliphatic heterocycles. The Kier molecular flexibility index (Phi) is 5.69. The number of aromatic nitrogens is 2. The van der Waals surface area contributed by atoms with Gasteiger partial charge < -0.3 is 10.3 Å². The van der Waals surface area contributed by atoms with E-state index in [0.29, 0.717) is 5.75 Å². The Morgan fingerprint density at radius 2 is 1.82 bits per heavy atom. The molecule has 0 unspecified atom stereocenters. The first-order valence-corrected chi connectivity index (χ1v) is 10.7. The largest absolute Gasteiger partial charge is 0.333 e. The molecular formula is C22H19N3OS2. The first kappa shape index (κ1) is 18.7. The molecule has 3 aromatic carbocycles. The lowest BCUT2D eigenvalue weighted by Crippen LogP contribution is -2.14. The van der Waals surface area contributed by atoms with Crippen LogP contribution in [0.25, 0.3) is 11.0 Å². The number of nitrogens with zero attached hydrogens (tertiary/aromatic N) is 1. The number of aromatic amines is 1. The van der Waals surface area contributed by atoms with E-state index in [1.807, 2.05) is 61.5 Å². The molecule has 0 aliphatic rings. The number of anilines is 1. The van der Waals surface area contributed by atoms with Crippen molar-refractivity contribution < 1.29 is 4.79 Å². The lowest BCUT2D eigenvalue weighted by molar-refractivity contribution is -0.113. The number of hydrogen-bond acceptors (Lipinski definition) is 4. The van der Waals surface area contributed by atoms with E-state index in [-0.39, 0.29) is 5.91 Å². The molecular weight excluding hydrogens is 386 g/mol. The number of rotatable bonds is 6. The summed E-state index contributed by atoms with van der Waals surface area (Å²) in [5, 5.41) is 3.77. The average Bonchev–Trinajstić information content (AvgIpc) is 3.11. The van der Waals surface area contributed by atoms with Crippen LogP contribution in [-0.4, -0.2) is 21.6 Å². The van der Waals surface area contributed by atoms with Gasteiger partial charge in [-0.3, -0.25) is 4.79 Å². The van der Waals surface area contributed by atoms with Crippen molar-refractivity contribution >= 4 is 46.2 Å². The zero-order valence-electron chi connectivity index (χ0n) is 15.3. The fourth-order valence-corrected chi connectivity index (χ4v) is 4.37. The summed E-state index contributed by atoms with van der Waals surface area (Å²) < 4.78 is 0. The highest BCUT2D eigenvalue weighted by Gasteiger charge is 2.10. The third-order valence-electron chi connectivity index (χ3n) is 4.09. The number of benzene rings is 3. The third kappa shape index (κ3) is 4.58. The Morgan fingerprint density at radius 1 is 1.04 bits per heavy atom. The van der Waals surface area contributed by atoms with Crippen LogP contribution in [0.4, 0.5) is 5.69 Å². The van der Waals surface area contributed by atoms with Crippen molar-refractivity contribution in [3.8, 4) is 0 Å². The van der Waals surface area contributed by atoms with Crippen molar-refractivity contribution in [2.75, 3.05) is 11.1 Å². The molecule has 0 saturated carbocycles. The smallest absolute Gasteiger partial charge is 0.234 e. The van der Waals surface area contributed by atoms with Crippen molar-refractivity contribution in [2.45, 2.75) is 21.9 Å². The third-order valence-corrected chi connectivity index (χ3v) is 6.04. The van der Waals surface area contributed by atoms with Gasteiger partial charge >= 0.3 is 0 Å². The van der Waals surface area contributed by atoms with Crippen LogP contribution in [-0.2, 0) is 4.79 Å². The molecule has 0 fully saturated rings. The second-order valence-electron chi connectivity index (χ2n) is 6.31. The highest BCUT2D eigenvalue weighted by atomic mass is 32.2. The number of thioether (sulfide) groups is 1. The number of para-hydroxylation sites is 1. The van der Waals surface area contributed by atoms with Crippen LogP contribution >= 0.6 is 23.5 Å². The molecule has 6 heteroatoms. The second-order valence-corrected chi connectivity index (χ2v) is 8.39. The predicted octanol–water partition coefficient (Wildman–Crippen LogP) is 5.75. The van der Waals surface area contributed by atoms with Crippen LogP contribution in [0.3, 0.4) is 0 Å². The number of amides is 1. The fourth-order valence-electron chi connectivity index (χ4n) is 2.76. The fraction of sp³-hybridized carbons (Fsp3) is 0.0909. The van der Waals surface area contributed by atoms with E-state index in [2.05, 4.69) is 33.5 Å². The standard InChI is InChI=1S/C22H19N3OS2/c1-15-11-12-17-19(13-15)25-22(24-17)27-14-21(26)23-18-9-5-6-10-20(18)28-16-7-3-2-4-8-16/h2-13H,14H2,1H3,(H,23,26)(H,24,25). The first-order chi connectivity index (χ1) is 13.7. The highest BCUT2D eigenvalue weighted by molar-refractivity contribution is 8.00. The summed E-state index contributed by atoms with van der Waals surface area (Å²) in [5.41, 5.74) is 3.91. The van der Waals surface area contributed by atoms with Crippen molar-refractivity contribution in [1.82, 2.24) is 9.97 Å². The summed E-state index contributed by atoms with van der Waals surface area (Å²) in [4.78, 5) is 22.4. The Hall–Kier alpha value is -2.70. The van der Waals surface area contributed by atoms with E-state index in [0.717, 1.165) is 31.7 Å². The quantitative estimate of drug-likeness (QED) is 0.401. The van der Waals surface area contributed by atoms with Gasteiger partial charge in [0, 0.05) is 9.79 Å². The van der Waals surface area contributed by atoms with Gasteiger partial charge in [-0.2, -0.15) is 0 Å². The molecule has 140 valence electrons. The normalized spacial score (nSPS) is 10.9. The van der Waals surface area contributed by atoms with Gasteiger partial charge in [0.05, 0.1) is 22.5 Å². The molecule has 0 radical (unpaired) electrons. The van der Waals surface area contributed by atoms with E-state index in [9.17, 15) is 4.79 Å². The molecule has 4 aromatic rings. The molecule has 28 heavy (non-hydrogen) atoms. The van der Waals surface area contributed by atoms with Crippen molar-refractivity contribution in [1.29, 1.82) is 0 Å². The van der Waals surface area contributed by atoms with Gasteiger partial charge in [0.1, 0.15) is 0 Å². The van der Waals surface area contributed by atoms with Gasteiger partial charge in [0.15, 0.2) is 5.16 Å². The first-order valence-electron chi connectivity index (χ1n) is 8.88. The Balaban J connectivity index is 1.41. The SMILES string of the molecule is Cc1ccc2nc(SCC(=O)Nc3ccccc3Sc3ccccc3)[nH]c2c1. The number of nitrogens with one attached hydrogen (secondary N) is 2. The van der Waals surface area contributed by atoms with Gasteiger partial charge in [-0.1, -0.05) is 59.9 Å². The number of H-pyrrole nitrogens is 1. The van der Waals surface area contributed by atoms with Crippen LogP contribution in [0.15, 0.2) is 87.7 Å². The minimum atomic E-state index is -0.0530. The zero-order chi connectivity index (χ0) is 19.3. The van der Waals surface area contributed by atoms with Crippen LogP contribution in [0.1, 0.15) is 5.56 Å². The van der Waals surface area contributed by atoms with Crippen LogP contribution in [0, 0.1) is 6.92 Å². The van der Waals surface area contributed by atoms with E-state index < -0.39 is 0 Å². The predicted molar refractivity (Wildman–Crippen MR) is 117 cm³/mol. The van der Waals surface area contributed by atoms with E-state index in [1.54, 1.807) is 11.8 Å². The monoisotopic (exact) mass is 405 g/mol. The van der Waals surface area contributed by atoms with E-state index in [1.165, 1.54) is 17.3 Å². The Labute approximate surface area is 172 Å². The zero-order valence-corrected chi connectivity index (χ0v) is 16.9. The van der Waals surface area contributed by atoms with E-state index >= 15 is 0 Å². The average molecular weight is 406 g/mol. The summed E-state index contributed by atoms with van der Waals surface area (Å²) in [7, 11) is 0. The summed E-state index contributed by atoms with van der Waals surface area (Å²) in [6, 6.07) is 24.1. The molecule has 4 nitrogen and oxygen atoms in total. The summed E-state index contributed by atoms with van der Waals surface area (Å²) in [6.07, 6.45) is 0. The lowest BCUT2D eigenvalue weighted by atomic mass is 10.2. The molecule has 0 saturated heterocycles. The second kappa shape index (κ2) is 8.54. The summed E-state index contributed by atoms with van der Waals surface area (Å²) in [5.74, 6) is 0.242. The topological polar surface area (TPSA) is 57.8 Å². The highest BCUT2D eigenvalue weighted by Crippen LogP contribution is 2.33. The Morgan fingerprint density at radius 3 is 2.68 bits per heavy atom. The molecule has 1 heterocycles. The molecule has 0 atom stereocenters. The molecule has 4 rings (SSSR count). The van der Waals surface area contributed by atoms with Crippen molar-refractivity contribution in [3.05, 3.63) is 78.4 Å². The van der Waals surface area contributed by atoms with Crippen LogP contribution in [0.2, 0.25) is 0 Å². The molecule has 0 bridgehead atoms. The van der Waals surface area contributed by atoms with Crippen LogP contribution in [0.5, 0.6) is 0 Å². The number of aryl methyl sites for hydroxylation is 1. The van der Waals surface area contributed by atoms with Gasteiger partial charge in [-0.15, -0.1) is 0 Å². The maximum atomic E-state index is 12.5.